The van der Waals surface area contributed by atoms with E-state index in [-0.39, 0.29) is 24.1 Å². The first-order valence-corrected chi connectivity index (χ1v) is 10.2. The number of benzene rings is 1. The summed E-state index contributed by atoms with van der Waals surface area (Å²) in [6.07, 6.45) is 1.70. The molecule has 1 fully saturated rings. The number of alkyl halides is 1. The van der Waals surface area contributed by atoms with Gasteiger partial charge in [0.1, 0.15) is 6.04 Å². The molecule has 134 valence electrons. The summed E-state index contributed by atoms with van der Waals surface area (Å²) in [4.78, 5) is 39.4. The fourth-order valence-electron chi connectivity index (χ4n) is 3.39. The van der Waals surface area contributed by atoms with Crippen LogP contribution in [-0.4, -0.2) is 38.7 Å². The number of halogens is 1. The van der Waals surface area contributed by atoms with Gasteiger partial charge in [0.05, 0.1) is 0 Å². The average Bonchev–Trinajstić information content (AvgIpc) is 2.85. The van der Waals surface area contributed by atoms with E-state index in [1.54, 1.807) is 16.7 Å². The fourth-order valence-corrected chi connectivity index (χ4v) is 5.49. The SMILES string of the molecule is CC(Br)CC(C)Sc1cccc2c1CN(C1CCC(=O)NC1=O)C2=O. The normalized spacial score (nSPS) is 22.6. The molecular weight excluding hydrogens is 404 g/mol. The van der Waals surface area contributed by atoms with Gasteiger partial charge in [0.2, 0.25) is 11.8 Å². The maximum atomic E-state index is 12.8. The highest BCUT2D eigenvalue weighted by atomic mass is 79.9. The highest BCUT2D eigenvalue weighted by Gasteiger charge is 2.39. The number of thioether (sulfide) groups is 1. The van der Waals surface area contributed by atoms with Crippen molar-refractivity contribution in [3.8, 4) is 0 Å². The summed E-state index contributed by atoms with van der Waals surface area (Å²) < 4.78 is 0. The van der Waals surface area contributed by atoms with Gasteiger partial charge in [-0.05, 0) is 30.5 Å². The molecule has 0 radical (unpaired) electrons. The molecule has 0 bridgehead atoms. The molecule has 5 nitrogen and oxygen atoms in total. The second kappa shape index (κ2) is 7.50. The lowest BCUT2D eigenvalue weighted by atomic mass is 10.0. The number of carbonyl (C=O) groups is 3. The zero-order valence-electron chi connectivity index (χ0n) is 14.3. The first-order valence-electron chi connectivity index (χ1n) is 8.44. The largest absolute Gasteiger partial charge is 0.322 e. The molecule has 1 aromatic rings. The van der Waals surface area contributed by atoms with Gasteiger partial charge in [0.25, 0.3) is 5.91 Å². The molecule has 0 saturated carbocycles. The molecule has 1 aromatic carbocycles. The van der Waals surface area contributed by atoms with E-state index in [0.29, 0.717) is 28.6 Å². The molecule has 7 heteroatoms. The minimum atomic E-state index is -0.560. The van der Waals surface area contributed by atoms with E-state index in [1.165, 1.54) is 0 Å². The van der Waals surface area contributed by atoms with Crippen LogP contribution in [-0.2, 0) is 16.1 Å². The van der Waals surface area contributed by atoms with Crippen LogP contribution in [0.4, 0.5) is 0 Å². The maximum Gasteiger partial charge on any atom is 0.255 e. The second-order valence-corrected chi connectivity index (χ2v) is 9.67. The van der Waals surface area contributed by atoms with Gasteiger partial charge in [-0.15, -0.1) is 11.8 Å². The molecule has 0 spiro atoms. The Hall–Kier alpha value is -1.34. The van der Waals surface area contributed by atoms with E-state index in [9.17, 15) is 14.4 Å². The van der Waals surface area contributed by atoms with Gasteiger partial charge >= 0.3 is 0 Å². The zero-order chi connectivity index (χ0) is 18.1. The highest BCUT2D eigenvalue weighted by Crippen LogP contribution is 2.37. The molecule has 0 aliphatic carbocycles. The number of carbonyl (C=O) groups excluding carboxylic acids is 3. The van der Waals surface area contributed by atoms with E-state index in [0.717, 1.165) is 16.9 Å². The number of nitrogens with one attached hydrogen (secondary N) is 1. The van der Waals surface area contributed by atoms with Crippen LogP contribution in [0, 0.1) is 0 Å². The third-order valence-corrected chi connectivity index (χ3v) is 6.13. The molecule has 2 aliphatic rings. The Kier molecular flexibility index (Phi) is 5.53. The van der Waals surface area contributed by atoms with Crippen molar-refractivity contribution in [2.45, 2.75) is 60.7 Å². The molecular formula is C18H21BrN2O3S. The molecule has 2 heterocycles. The topological polar surface area (TPSA) is 66.5 Å². The van der Waals surface area contributed by atoms with Crippen molar-refractivity contribution in [3.05, 3.63) is 29.3 Å². The molecule has 1 saturated heterocycles. The van der Waals surface area contributed by atoms with Gasteiger partial charge in [0.15, 0.2) is 0 Å². The number of fused-ring (bicyclic) bond motifs is 1. The van der Waals surface area contributed by atoms with E-state index in [1.807, 2.05) is 18.2 Å². The van der Waals surface area contributed by atoms with Crippen molar-refractivity contribution in [1.29, 1.82) is 0 Å². The quantitative estimate of drug-likeness (QED) is 0.447. The van der Waals surface area contributed by atoms with E-state index in [2.05, 4.69) is 35.1 Å². The van der Waals surface area contributed by atoms with Gasteiger partial charge in [-0.3, -0.25) is 19.7 Å². The van der Waals surface area contributed by atoms with Crippen LogP contribution in [0.1, 0.15) is 49.0 Å². The first kappa shape index (κ1) is 18.5. The summed E-state index contributed by atoms with van der Waals surface area (Å²) >= 11 is 5.35. The van der Waals surface area contributed by atoms with Gasteiger partial charge in [-0.2, -0.15) is 0 Å². The lowest BCUT2D eigenvalue weighted by Crippen LogP contribution is -2.52. The van der Waals surface area contributed by atoms with Crippen LogP contribution in [0.25, 0.3) is 0 Å². The van der Waals surface area contributed by atoms with Crippen LogP contribution in [0.2, 0.25) is 0 Å². The number of piperidine rings is 1. The molecule has 2 aliphatic heterocycles. The van der Waals surface area contributed by atoms with Crippen molar-refractivity contribution < 1.29 is 14.4 Å². The Balaban J connectivity index is 1.80. The van der Waals surface area contributed by atoms with Crippen LogP contribution < -0.4 is 5.32 Å². The summed E-state index contributed by atoms with van der Waals surface area (Å²) in [6, 6.07) is 5.21. The summed E-state index contributed by atoms with van der Waals surface area (Å²) in [7, 11) is 0. The molecule has 0 aromatic heterocycles. The Labute approximate surface area is 160 Å². The minimum absolute atomic E-state index is 0.117. The lowest BCUT2D eigenvalue weighted by molar-refractivity contribution is -0.136. The standard InChI is InChI=1S/C18H21BrN2O3S/c1-10(19)8-11(2)25-15-5-3-4-12-13(15)9-21(18(12)24)14-6-7-16(22)20-17(14)23/h3-5,10-11,14H,6-9H2,1-2H3,(H,20,22,23). The van der Waals surface area contributed by atoms with Crippen molar-refractivity contribution in [3.63, 3.8) is 0 Å². The summed E-state index contributed by atoms with van der Waals surface area (Å²) in [5.41, 5.74) is 1.67. The third kappa shape index (κ3) is 3.92. The molecule has 3 rings (SSSR count). The van der Waals surface area contributed by atoms with Crippen molar-refractivity contribution in [2.75, 3.05) is 0 Å². The lowest BCUT2D eigenvalue weighted by Gasteiger charge is -2.29. The first-order chi connectivity index (χ1) is 11.9. The number of nitrogens with zero attached hydrogens (tertiary/aromatic N) is 1. The molecule has 1 N–H and O–H groups in total. The smallest absolute Gasteiger partial charge is 0.255 e. The van der Waals surface area contributed by atoms with Crippen LogP contribution in [0.5, 0.6) is 0 Å². The Bertz CT molecular complexity index is 722. The zero-order valence-corrected chi connectivity index (χ0v) is 16.7. The Morgan fingerprint density at radius 1 is 1.32 bits per heavy atom. The predicted octanol–water partition coefficient (Wildman–Crippen LogP) is 3.10. The number of hydrogen-bond donors (Lipinski definition) is 1. The van der Waals surface area contributed by atoms with Crippen molar-refractivity contribution in [1.82, 2.24) is 10.2 Å². The fraction of sp³-hybridized carbons (Fsp3) is 0.500. The number of imide groups is 1. The van der Waals surface area contributed by atoms with Crippen molar-refractivity contribution in [2.24, 2.45) is 0 Å². The summed E-state index contributed by atoms with van der Waals surface area (Å²) in [5.74, 6) is -0.749. The van der Waals surface area contributed by atoms with E-state index in [4.69, 9.17) is 0 Å². The third-order valence-electron chi connectivity index (χ3n) is 4.52. The van der Waals surface area contributed by atoms with Crippen LogP contribution >= 0.6 is 27.7 Å². The monoisotopic (exact) mass is 424 g/mol. The number of rotatable bonds is 5. The average molecular weight is 425 g/mol. The second-order valence-electron chi connectivity index (χ2n) is 6.63. The molecule has 3 atom stereocenters. The molecule has 25 heavy (non-hydrogen) atoms. The maximum absolute atomic E-state index is 12.8. The van der Waals surface area contributed by atoms with Gasteiger partial charge in [-0.25, -0.2) is 0 Å². The highest BCUT2D eigenvalue weighted by molar-refractivity contribution is 9.09. The molecule has 3 unspecified atom stereocenters. The Morgan fingerprint density at radius 3 is 2.76 bits per heavy atom. The number of hydrogen-bond acceptors (Lipinski definition) is 4. The number of amides is 3. The van der Waals surface area contributed by atoms with E-state index < -0.39 is 6.04 Å². The summed E-state index contributed by atoms with van der Waals surface area (Å²) in [6.45, 7) is 4.73. The van der Waals surface area contributed by atoms with Gasteiger partial charge in [0, 0.05) is 33.5 Å². The van der Waals surface area contributed by atoms with Gasteiger partial charge in [-0.1, -0.05) is 35.8 Å². The van der Waals surface area contributed by atoms with Crippen LogP contribution in [0.3, 0.4) is 0 Å². The van der Waals surface area contributed by atoms with Crippen molar-refractivity contribution >= 4 is 45.4 Å². The molecule has 3 amide bonds. The predicted molar refractivity (Wildman–Crippen MR) is 101 cm³/mol. The van der Waals surface area contributed by atoms with Gasteiger partial charge < -0.3 is 4.90 Å². The minimum Gasteiger partial charge on any atom is -0.322 e. The van der Waals surface area contributed by atoms with E-state index >= 15 is 0 Å². The summed E-state index contributed by atoms with van der Waals surface area (Å²) in [5, 5.41) is 2.76. The Morgan fingerprint density at radius 2 is 2.08 bits per heavy atom. The van der Waals surface area contributed by atoms with Crippen LogP contribution in [0.15, 0.2) is 23.1 Å².